The van der Waals surface area contributed by atoms with Crippen molar-refractivity contribution in [2.45, 2.75) is 24.7 Å². The van der Waals surface area contributed by atoms with Crippen LogP contribution in [0.1, 0.15) is 35.2 Å². The van der Waals surface area contributed by atoms with Crippen LogP contribution in [0.15, 0.2) is 53.0 Å². The first-order valence-corrected chi connectivity index (χ1v) is 7.48. The van der Waals surface area contributed by atoms with Gasteiger partial charge in [0.2, 0.25) is 0 Å². The number of halogens is 2. The van der Waals surface area contributed by atoms with Crippen molar-refractivity contribution < 1.29 is 9.18 Å². The fraction of sp³-hybridized carbons (Fsp3) is 0.235. The molecule has 1 aliphatic carbocycles. The minimum Gasteiger partial charge on any atom is -0.293 e. The molecule has 0 bridgehead atoms. The third kappa shape index (κ3) is 2.10. The quantitative estimate of drug-likeness (QED) is 0.731. The molecule has 0 unspecified atom stereocenters. The molecule has 3 rings (SSSR count). The number of carbonyl (C=O) groups excluding carboxylic acids is 1. The first kappa shape index (κ1) is 13.5. The average molecular weight is 333 g/mol. The lowest BCUT2D eigenvalue weighted by Crippen LogP contribution is -2.42. The third-order valence-corrected chi connectivity index (χ3v) is 4.63. The van der Waals surface area contributed by atoms with E-state index in [0.717, 1.165) is 29.3 Å². The normalized spacial score (nSPS) is 16.5. The summed E-state index contributed by atoms with van der Waals surface area (Å²) in [7, 11) is 0. The zero-order chi connectivity index (χ0) is 14.2. The fourth-order valence-corrected chi connectivity index (χ4v) is 3.22. The number of ketones is 1. The summed E-state index contributed by atoms with van der Waals surface area (Å²) in [6.45, 7) is 0. The Bertz CT molecular complexity index is 647. The highest BCUT2D eigenvalue weighted by Gasteiger charge is 2.46. The van der Waals surface area contributed by atoms with Crippen molar-refractivity contribution in [1.29, 1.82) is 0 Å². The highest BCUT2D eigenvalue weighted by molar-refractivity contribution is 9.10. The van der Waals surface area contributed by atoms with E-state index >= 15 is 0 Å². The summed E-state index contributed by atoms with van der Waals surface area (Å²) in [5, 5.41) is 0. The molecule has 3 heteroatoms. The number of hydrogen-bond donors (Lipinski definition) is 0. The maximum absolute atomic E-state index is 14.0. The van der Waals surface area contributed by atoms with Crippen LogP contribution < -0.4 is 0 Å². The summed E-state index contributed by atoms with van der Waals surface area (Å²) in [6, 6.07) is 14.3. The van der Waals surface area contributed by atoms with Gasteiger partial charge in [-0.2, -0.15) is 0 Å². The van der Waals surface area contributed by atoms with Gasteiger partial charge in [-0.25, -0.2) is 4.39 Å². The summed E-state index contributed by atoms with van der Waals surface area (Å²) in [4.78, 5) is 12.9. The van der Waals surface area contributed by atoms with Crippen LogP contribution in [0.25, 0.3) is 0 Å². The summed E-state index contributed by atoms with van der Waals surface area (Å²) >= 11 is 3.31. The summed E-state index contributed by atoms with van der Waals surface area (Å²) in [6.07, 6.45) is 2.60. The Kier molecular flexibility index (Phi) is 3.47. The molecule has 20 heavy (non-hydrogen) atoms. The molecule has 0 spiro atoms. The van der Waals surface area contributed by atoms with Crippen molar-refractivity contribution >= 4 is 21.7 Å². The zero-order valence-electron chi connectivity index (χ0n) is 10.9. The molecule has 102 valence electrons. The monoisotopic (exact) mass is 332 g/mol. The Balaban J connectivity index is 2.06. The highest BCUT2D eigenvalue weighted by atomic mass is 79.9. The Morgan fingerprint density at radius 2 is 1.80 bits per heavy atom. The van der Waals surface area contributed by atoms with E-state index in [1.165, 1.54) is 6.07 Å². The van der Waals surface area contributed by atoms with Crippen LogP contribution in [-0.4, -0.2) is 5.78 Å². The van der Waals surface area contributed by atoms with Gasteiger partial charge >= 0.3 is 0 Å². The summed E-state index contributed by atoms with van der Waals surface area (Å²) in [5.74, 6) is -0.547. The Labute approximate surface area is 126 Å². The second-order valence-electron chi connectivity index (χ2n) is 5.25. The van der Waals surface area contributed by atoms with Gasteiger partial charge in [0.25, 0.3) is 0 Å². The molecule has 0 aliphatic heterocycles. The van der Waals surface area contributed by atoms with Gasteiger partial charge in [-0.15, -0.1) is 0 Å². The Morgan fingerprint density at radius 3 is 2.40 bits per heavy atom. The lowest BCUT2D eigenvalue weighted by atomic mass is 9.60. The van der Waals surface area contributed by atoms with Gasteiger partial charge in [-0.1, -0.05) is 52.7 Å². The second kappa shape index (κ2) is 5.13. The largest absolute Gasteiger partial charge is 0.293 e. The predicted octanol–water partition coefficient (Wildman–Crippen LogP) is 4.89. The first-order chi connectivity index (χ1) is 9.63. The van der Waals surface area contributed by atoms with Crippen molar-refractivity contribution in [1.82, 2.24) is 0 Å². The van der Waals surface area contributed by atoms with E-state index in [4.69, 9.17) is 0 Å². The highest BCUT2D eigenvalue weighted by Crippen LogP contribution is 2.46. The predicted molar refractivity (Wildman–Crippen MR) is 80.4 cm³/mol. The standard InChI is InChI=1S/C17H14BrFO/c18-13-7-8-15(19)14(11-13)16(20)17(9-4-10-17)12-5-2-1-3-6-12/h1-3,5-8,11H,4,9-10H2. The number of benzene rings is 2. The molecule has 0 atom stereocenters. The molecular weight excluding hydrogens is 319 g/mol. The molecule has 1 fully saturated rings. The molecule has 0 heterocycles. The third-order valence-electron chi connectivity index (χ3n) is 4.14. The minimum atomic E-state index is -0.539. The Morgan fingerprint density at radius 1 is 1.10 bits per heavy atom. The van der Waals surface area contributed by atoms with Crippen molar-refractivity contribution in [2.75, 3.05) is 0 Å². The van der Waals surface area contributed by atoms with E-state index in [9.17, 15) is 9.18 Å². The van der Waals surface area contributed by atoms with Crippen LogP contribution in [0.3, 0.4) is 0 Å². The Hall–Kier alpha value is -1.48. The topological polar surface area (TPSA) is 17.1 Å². The molecule has 2 aromatic carbocycles. The summed E-state index contributed by atoms with van der Waals surface area (Å²) in [5.41, 5.74) is 0.640. The number of rotatable bonds is 3. The van der Waals surface area contributed by atoms with E-state index in [1.54, 1.807) is 12.1 Å². The van der Waals surface area contributed by atoms with E-state index in [0.29, 0.717) is 0 Å². The van der Waals surface area contributed by atoms with Gasteiger partial charge in [0, 0.05) is 4.47 Å². The van der Waals surface area contributed by atoms with Crippen molar-refractivity contribution in [2.24, 2.45) is 0 Å². The van der Waals surface area contributed by atoms with Gasteiger partial charge in [-0.05, 0) is 36.6 Å². The van der Waals surface area contributed by atoms with Gasteiger partial charge < -0.3 is 0 Å². The second-order valence-corrected chi connectivity index (χ2v) is 6.17. The van der Waals surface area contributed by atoms with E-state index < -0.39 is 11.2 Å². The molecule has 0 aromatic heterocycles. The van der Waals surface area contributed by atoms with Crippen LogP contribution in [0.5, 0.6) is 0 Å². The van der Waals surface area contributed by atoms with Gasteiger partial charge in [0.05, 0.1) is 11.0 Å². The lowest BCUT2D eigenvalue weighted by Gasteiger charge is -2.41. The SMILES string of the molecule is O=C(c1cc(Br)ccc1F)C1(c2ccccc2)CCC1. The van der Waals surface area contributed by atoms with Crippen LogP contribution in [0, 0.1) is 5.82 Å². The van der Waals surface area contributed by atoms with Crippen molar-refractivity contribution in [3.63, 3.8) is 0 Å². The maximum atomic E-state index is 14.0. The average Bonchev–Trinajstić information content (AvgIpc) is 2.41. The molecule has 1 aliphatic rings. The van der Waals surface area contributed by atoms with E-state index in [1.807, 2.05) is 30.3 Å². The zero-order valence-corrected chi connectivity index (χ0v) is 12.5. The van der Waals surface area contributed by atoms with Crippen LogP contribution in [-0.2, 0) is 5.41 Å². The molecule has 1 nitrogen and oxygen atoms in total. The number of carbonyl (C=O) groups is 1. The smallest absolute Gasteiger partial charge is 0.176 e. The van der Waals surface area contributed by atoms with Crippen molar-refractivity contribution in [3.05, 3.63) is 69.9 Å². The van der Waals surface area contributed by atoms with Crippen LogP contribution in [0.4, 0.5) is 4.39 Å². The van der Waals surface area contributed by atoms with Gasteiger partial charge in [0.1, 0.15) is 5.82 Å². The molecule has 0 N–H and O–H groups in total. The summed E-state index contributed by atoms with van der Waals surface area (Å²) < 4.78 is 14.7. The van der Waals surface area contributed by atoms with Crippen molar-refractivity contribution in [3.8, 4) is 0 Å². The maximum Gasteiger partial charge on any atom is 0.176 e. The lowest BCUT2D eigenvalue weighted by molar-refractivity contribution is 0.0784. The van der Waals surface area contributed by atoms with Crippen LogP contribution >= 0.6 is 15.9 Å². The molecule has 0 amide bonds. The minimum absolute atomic E-state index is 0.103. The first-order valence-electron chi connectivity index (χ1n) is 6.69. The fourth-order valence-electron chi connectivity index (χ4n) is 2.86. The molecule has 2 aromatic rings. The number of hydrogen-bond acceptors (Lipinski definition) is 1. The molecular formula is C17H14BrFO. The van der Waals surface area contributed by atoms with Gasteiger partial charge in [-0.3, -0.25) is 4.79 Å². The molecule has 0 saturated heterocycles. The number of Topliss-reactive ketones (excluding diaryl/α,β-unsaturated/α-hetero) is 1. The van der Waals surface area contributed by atoms with E-state index in [-0.39, 0.29) is 11.3 Å². The van der Waals surface area contributed by atoms with Crippen LogP contribution in [0.2, 0.25) is 0 Å². The molecule has 0 radical (unpaired) electrons. The molecule has 1 saturated carbocycles. The van der Waals surface area contributed by atoms with E-state index in [2.05, 4.69) is 15.9 Å². The van der Waals surface area contributed by atoms with Gasteiger partial charge in [0.15, 0.2) is 5.78 Å².